The van der Waals surface area contributed by atoms with Crippen LogP contribution in [-0.4, -0.2) is 7.11 Å². The van der Waals surface area contributed by atoms with Crippen LogP contribution in [0, 0.1) is 12.7 Å². The monoisotopic (exact) mass is 275 g/mol. The molecular weight excluding hydrogens is 257 g/mol. The van der Waals surface area contributed by atoms with Crippen molar-refractivity contribution in [2.24, 2.45) is 5.73 Å². The van der Waals surface area contributed by atoms with Gasteiger partial charge in [0.1, 0.15) is 12.4 Å². The Morgan fingerprint density at radius 3 is 2.60 bits per heavy atom. The van der Waals surface area contributed by atoms with Gasteiger partial charge in [0.05, 0.1) is 7.11 Å². The van der Waals surface area contributed by atoms with Crippen molar-refractivity contribution in [1.82, 2.24) is 0 Å². The highest BCUT2D eigenvalue weighted by molar-refractivity contribution is 5.37. The van der Waals surface area contributed by atoms with Crippen LogP contribution >= 0.6 is 0 Å². The van der Waals surface area contributed by atoms with Crippen molar-refractivity contribution in [2.45, 2.75) is 20.1 Å². The molecule has 0 aliphatic heterocycles. The lowest BCUT2D eigenvalue weighted by Gasteiger charge is -2.12. The molecule has 20 heavy (non-hydrogen) atoms. The van der Waals surface area contributed by atoms with Crippen LogP contribution < -0.4 is 15.2 Å². The van der Waals surface area contributed by atoms with Crippen molar-refractivity contribution in [3.63, 3.8) is 0 Å². The van der Waals surface area contributed by atoms with Gasteiger partial charge in [0.15, 0.2) is 11.6 Å². The molecule has 0 aromatic heterocycles. The van der Waals surface area contributed by atoms with Gasteiger partial charge in [0, 0.05) is 12.1 Å². The van der Waals surface area contributed by atoms with Crippen LogP contribution in [0.4, 0.5) is 4.39 Å². The predicted octanol–water partition coefficient (Wildman–Crippen LogP) is 3.18. The fourth-order valence-corrected chi connectivity index (χ4v) is 1.95. The van der Waals surface area contributed by atoms with E-state index in [2.05, 4.69) is 0 Å². The maximum absolute atomic E-state index is 13.6. The van der Waals surface area contributed by atoms with Gasteiger partial charge < -0.3 is 15.2 Å². The van der Waals surface area contributed by atoms with Gasteiger partial charge in [0.25, 0.3) is 0 Å². The number of methoxy groups -OCH3 is 1. The van der Waals surface area contributed by atoms with Gasteiger partial charge in [-0.1, -0.05) is 12.1 Å². The average Bonchev–Trinajstić information content (AvgIpc) is 2.47. The lowest BCUT2D eigenvalue weighted by Crippen LogP contribution is -2.03. The zero-order chi connectivity index (χ0) is 14.5. The smallest absolute Gasteiger partial charge is 0.165 e. The SMILES string of the molecule is COc1ccc(CN)cc1COc1cc(C)ccc1F. The van der Waals surface area contributed by atoms with Crippen LogP contribution in [0.15, 0.2) is 36.4 Å². The molecule has 0 aliphatic carbocycles. The summed E-state index contributed by atoms with van der Waals surface area (Å²) in [5.74, 6) is 0.574. The van der Waals surface area contributed by atoms with Crippen LogP contribution in [0.2, 0.25) is 0 Å². The van der Waals surface area contributed by atoms with Gasteiger partial charge >= 0.3 is 0 Å². The third-order valence-corrected chi connectivity index (χ3v) is 3.05. The number of halogens is 1. The molecule has 0 unspecified atom stereocenters. The van der Waals surface area contributed by atoms with Gasteiger partial charge in [-0.15, -0.1) is 0 Å². The third-order valence-electron chi connectivity index (χ3n) is 3.05. The molecule has 0 spiro atoms. The zero-order valence-corrected chi connectivity index (χ0v) is 11.7. The van der Waals surface area contributed by atoms with E-state index in [4.69, 9.17) is 15.2 Å². The van der Waals surface area contributed by atoms with Crippen molar-refractivity contribution >= 4 is 0 Å². The first-order valence-corrected chi connectivity index (χ1v) is 6.39. The molecule has 0 saturated heterocycles. The van der Waals surface area contributed by atoms with Crippen LogP contribution in [0.25, 0.3) is 0 Å². The first kappa shape index (κ1) is 14.3. The number of rotatable bonds is 5. The van der Waals surface area contributed by atoms with Crippen molar-refractivity contribution in [2.75, 3.05) is 7.11 Å². The van der Waals surface area contributed by atoms with Crippen LogP contribution in [-0.2, 0) is 13.2 Å². The van der Waals surface area contributed by atoms with Crippen molar-refractivity contribution < 1.29 is 13.9 Å². The molecule has 0 fully saturated rings. The predicted molar refractivity (Wildman–Crippen MR) is 76.4 cm³/mol. The van der Waals surface area contributed by atoms with Gasteiger partial charge in [-0.3, -0.25) is 0 Å². The fourth-order valence-electron chi connectivity index (χ4n) is 1.95. The van der Waals surface area contributed by atoms with Crippen molar-refractivity contribution in [3.8, 4) is 11.5 Å². The summed E-state index contributed by atoms with van der Waals surface area (Å²) < 4.78 is 24.4. The number of benzene rings is 2. The van der Waals surface area contributed by atoms with Crippen LogP contribution in [0.3, 0.4) is 0 Å². The number of ether oxygens (including phenoxy) is 2. The topological polar surface area (TPSA) is 44.5 Å². The van der Waals surface area contributed by atoms with Gasteiger partial charge in [-0.25, -0.2) is 4.39 Å². The molecule has 2 rings (SSSR count). The molecule has 2 aromatic rings. The Hall–Kier alpha value is -2.07. The Bertz CT molecular complexity index is 599. The van der Waals surface area contributed by atoms with Crippen molar-refractivity contribution in [3.05, 3.63) is 58.9 Å². The first-order chi connectivity index (χ1) is 9.63. The molecule has 0 heterocycles. The first-order valence-electron chi connectivity index (χ1n) is 6.39. The minimum atomic E-state index is -0.371. The Labute approximate surface area is 118 Å². The Morgan fingerprint density at radius 1 is 1.10 bits per heavy atom. The quantitative estimate of drug-likeness (QED) is 0.911. The molecule has 0 atom stereocenters. The molecule has 4 heteroatoms. The second-order valence-corrected chi connectivity index (χ2v) is 4.57. The van der Waals surface area contributed by atoms with E-state index < -0.39 is 0 Å². The molecule has 106 valence electrons. The summed E-state index contributed by atoms with van der Waals surface area (Å²) in [6, 6.07) is 10.4. The molecule has 2 N–H and O–H groups in total. The fraction of sp³-hybridized carbons (Fsp3) is 0.250. The highest BCUT2D eigenvalue weighted by atomic mass is 19.1. The summed E-state index contributed by atoms with van der Waals surface area (Å²) in [5, 5.41) is 0. The van der Waals surface area contributed by atoms with Crippen LogP contribution in [0.1, 0.15) is 16.7 Å². The number of aryl methyl sites for hydroxylation is 1. The zero-order valence-electron chi connectivity index (χ0n) is 11.7. The highest BCUT2D eigenvalue weighted by Crippen LogP contribution is 2.24. The van der Waals surface area contributed by atoms with E-state index in [1.807, 2.05) is 25.1 Å². The molecule has 3 nitrogen and oxygen atoms in total. The second kappa shape index (κ2) is 6.39. The van der Waals surface area contributed by atoms with E-state index in [9.17, 15) is 4.39 Å². The van der Waals surface area contributed by atoms with Gasteiger partial charge in [0.2, 0.25) is 0 Å². The van der Waals surface area contributed by atoms with Gasteiger partial charge in [-0.05, 0) is 42.3 Å². The summed E-state index contributed by atoms with van der Waals surface area (Å²) in [6.07, 6.45) is 0. The summed E-state index contributed by atoms with van der Waals surface area (Å²) in [7, 11) is 1.59. The van der Waals surface area contributed by atoms with Gasteiger partial charge in [-0.2, -0.15) is 0 Å². The summed E-state index contributed by atoms with van der Waals surface area (Å²) >= 11 is 0. The molecule has 0 amide bonds. The van der Waals surface area contributed by atoms with E-state index in [-0.39, 0.29) is 18.2 Å². The maximum atomic E-state index is 13.6. The molecular formula is C16H18FNO2. The normalized spacial score (nSPS) is 10.4. The maximum Gasteiger partial charge on any atom is 0.165 e. The largest absolute Gasteiger partial charge is 0.496 e. The standard InChI is InChI=1S/C16H18FNO2/c1-11-3-5-14(17)16(7-11)20-10-13-8-12(9-18)4-6-15(13)19-2/h3-8H,9-10,18H2,1-2H3. The van der Waals surface area contributed by atoms with E-state index in [1.54, 1.807) is 19.2 Å². The minimum absolute atomic E-state index is 0.234. The Kier molecular flexibility index (Phi) is 4.58. The lowest BCUT2D eigenvalue weighted by molar-refractivity contribution is 0.282. The summed E-state index contributed by atoms with van der Waals surface area (Å²) in [6.45, 7) is 2.56. The van der Waals surface area contributed by atoms with E-state index >= 15 is 0 Å². The minimum Gasteiger partial charge on any atom is -0.496 e. The second-order valence-electron chi connectivity index (χ2n) is 4.57. The average molecular weight is 275 g/mol. The Morgan fingerprint density at radius 2 is 1.90 bits per heavy atom. The lowest BCUT2D eigenvalue weighted by atomic mass is 10.1. The van der Waals surface area contributed by atoms with E-state index in [1.165, 1.54) is 6.07 Å². The third kappa shape index (κ3) is 3.27. The summed E-state index contributed by atoms with van der Waals surface area (Å²) in [4.78, 5) is 0. The highest BCUT2D eigenvalue weighted by Gasteiger charge is 2.08. The number of hydrogen-bond donors (Lipinski definition) is 1. The molecule has 0 aliphatic rings. The molecule has 2 aromatic carbocycles. The summed E-state index contributed by atoms with van der Waals surface area (Å²) in [5.41, 5.74) is 8.39. The van der Waals surface area contributed by atoms with E-state index in [0.717, 1.165) is 16.7 Å². The van der Waals surface area contributed by atoms with E-state index in [0.29, 0.717) is 12.3 Å². The number of hydrogen-bond acceptors (Lipinski definition) is 3. The number of nitrogens with two attached hydrogens (primary N) is 1. The van der Waals surface area contributed by atoms with Crippen LogP contribution in [0.5, 0.6) is 11.5 Å². The molecule has 0 radical (unpaired) electrons. The van der Waals surface area contributed by atoms with Crippen molar-refractivity contribution in [1.29, 1.82) is 0 Å². The Balaban J connectivity index is 2.19. The molecule has 0 saturated carbocycles. The molecule has 0 bridgehead atoms.